The second-order valence-corrected chi connectivity index (χ2v) is 21.2. The molecule has 0 aromatic heterocycles. The Labute approximate surface area is 355 Å². The third-order valence-electron chi connectivity index (χ3n) is 11.6. The number of carbonyl (C=O) groups is 5. The molecule has 4 amide bonds. The molecule has 2 aliphatic heterocycles. The molecule has 4 aromatic carbocycles. The van der Waals surface area contributed by atoms with Gasteiger partial charge in [-0.05, 0) is 71.6 Å². The summed E-state index contributed by atoms with van der Waals surface area (Å²) in [6.07, 6.45) is 5.31. The molecular weight excluding hydrogens is 769 g/mol. The van der Waals surface area contributed by atoms with Gasteiger partial charge < -0.3 is 25.3 Å². The average molecular weight is 827 g/mol. The smallest absolute Gasteiger partial charge is 0.262 e. The molecule has 2 aliphatic rings. The highest BCUT2D eigenvalue weighted by atomic mass is 28.4. The Morgan fingerprint density at radius 3 is 1.75 bits per heavy atom. The summed E-state index contributed by atoms with van der Waals surface area (Å²) in [6.45, 7) is 8.69. The van der Waals surface area contributed by atoms with Crippen molar-refractivity contribution in [3.63, 3.8) is 0 Å². The number of unbranched alkanes of at least 4 members (excludes halogenated alkanes) is 1. The van der Waals surface area contributed by atoms with E-state index in [4.69, 9.17) is 4.43 Å². The van der Waals surface area contributed by atoms with E-state index in [1.807, 2.05) is 97.1 Å². The molecule has 0 saturated carbocycles. The predicted molar refractivity (Wildman–Crippen MR) is 237 cm³/mol. The highest BCUT2D eigenvalue weighted by Gasteiger charge is 2.51. The minimum atomic E-state index is -2.95. The number of rotatable bonds is 14. The van der Waals surface area contributed by atoms with Crippen molar-refractivity contribution in [2.24, 2.45) is 0 Å². The van der Waals surface area contributed by atoms with Gasteiger partial charge in [-0.3, -0.25) is 24.0 Å². The molecule has 0 bridgehead atoms. The monoisotopic (exact) mass is 826 g/mol. The molecule has 6 rings (SSSR count). The lowest BCUT2D eigenvalue weighted by Crippen LogP contribution is -2.68. The topological polar surface area (TPSA) is 134 Å². The average Bonchev–Trinajstić information content (AvgIpc) is 3.75. The minimum Gasteiger partial charge on any atom is -0.397 e. The van der Waals surface area contributed by atoms with Crippen LogP contribution in [0, 0.1) is 0 Å². The van der Waals surface area contributed by atoms with Crippen LogP contribution in [0.1, 0.15) is 70.9 Å². The first-order valence-corrected chi connectivity index (χ1v) is 23.1. The lowest BCUT2D eigenvalue weighted by Gasteiger charge is -2.44. The van der Waals surface area contributed by atoms with Crippen molar-refractivity contribution in [2.75, 3.05) is 6.54 Å². The van der Waals surface area contributed by atoms with Crippen molar-refractivity contribution in [2.45, 2.75) is 108 Å². The molecule has 314 valence electrons. The Morgan fingerprint density at radius 1 is 0.717 bits per heavy atom. The lowest BCUT2D eigenvalue weighted by atomic mass is 10.00. The van der Waals surface area contributed by atoms with Gasteiger partial charge in [0, 0.05) is 19.4 Å². The Bertz CT molecular complexity index is 2070. The highest BCUT2D eigenvalue weighted by Crippen LogP contribution is 2.37. The molecule has 4 aromatic rings. The normalized spacial score (nSPS) is 21.0. The van der Waals surface area contributed by atoms with Crippen molar-refractivity contribution in [3.8, 4) is 0 Å². The van der Waals surface area contributed by atoms with Gasteiger partial charge in [0.05, 0.1) is 0 Å². The summed E-state index contributed by atoms with van der Waals surface area (Å²) < 4.78 is 7.00. The maximum atomic E-state index is 14.2. The van der Waals surface area contributed by atoms with Gasteiger partial charge in [-0.2, -0.15) is 0 Å². The predicted octanol–water partition coefficient (Wildman–Crippen LogP) is 5.19. The summed E-state index contributed by atoms with van der Waals surface area (Å²) in [4.78, 5) is 71.5. The molecule has 0 spiro atoms. The summed E-state index contributed by atoms with van der Waals surface area (Å²) in [5.74, 6) is -1.84. The Kier molecular flexibility index (Phi) is 14.7. The van der Waals surface area contributed by atoms with Gasteiger partial charge in [-0.1, -0.05) is 148 Å². The number of amides is 4. The zero-order valence-electron chi connectivity index (χ0n) is 35.1. The molecule has 10 nitrogen and oxygen atoms in total. The van der Waals surface area contributed by atoms with Crippen molar-refractivity contribution in [1.82, 2.24) is 20.9 Å². The number of ketones is 1. The number of carbonyl (C=O) groups excluding carboxylic acids is 5. The zero-order valence-corrected chi connectivity index (χ0v) is 36.1. The number of nitrogens with one attached hydrogen (secondary N) is 3. The van der Waals surface area contributed by atoms with E-state index in [1.165, 1.54) is 0 Å². The number of hydrogen-bond donors (Lipinski definition) is 3. The second-order valence-electron chi connectivity index (χ2n) is 16.9. The third-order valence-corrected chi connectivity index (χ3v) is 16.7. The Balaban J connectivity index is 1.17. The van der Waals surface area contributed by atoms with Crippen LogP contribution in [0.3, 0.4) is 0 Å². The molecule has 11 heteroatoms. The van der Waals surface area contributed by atoms with E-state index >= 15 is 0 Å². The number of benzene rings is 4. The first kappa shape index (κ1) is 43.9. The Morgan fingerprint density at radius 2 is 1.20 bits per heavy atom. The maximum absolute atomic E-state index is 14.2. The van der Waals surface area contributed by atoms with E-state index in [2.05, 4.69) is 61.0 Å². The van der Waals surface area contributed by atoms with E-state index in [1.54, 1.807) is 24.0 Å². The van der Waals surface area contributed by atoms with Gasteiger partial charge in [0.2, 0.25) is 23.6 Å². The molecule has 5 atom stereocenters. The molecule has 60 heavy (non-hydrogen) atoms. The summed E-state index contributed by atoms with van der Waals surface area (Å²) in [6, 6.07) is 35.5. The van der Waals surface area contributed by atoms with Crippen LogP contribution in [0.25, 0.3) is 0 Å². The quantitative estimate of drug-likeness (QED) is 0.0911. The van der Waals surface area contributed by atoms with Crippen LogP contribution in [0.5, 0.6) is 0 Å². The van der Waals surface area contributed by atoms with Crippen LogP contribution in [0.4, 0.5) is 0 Å². The first-order chi connectivity index (χ1) is 28.9. The first-order valence-electron chi connectivity index (χ1n) is 21.2. The van der Waals surface area contributed by atoms with Crippen LogP contribution in [-0.4, -0.2) is 79.4 Å². The van der Waals surface area contributed by atoms with Crippen LogP contribution >= 0.6 is 0 Å². The molecule has 2 heterocycles. The fraction of sp³-hybridized carbons (Fsp3) is 0.367. The fourth-order valence-electron chi connectivity index (χ4n) is 8.48. The number of allylic oxidation sites excluding steroid dienone is 1. The number of fused-ring (bicyclic) bond motifs is 1. The molecule has 0 unspecified atom stereocenters. The lowest BCUT2D eigenvalue weighted by molar-refractivity contribution is -0.143. The van der Waals surface area contributed by atoms with Crippen molar-refractivity contribution < 1.29 is 28.4 Å². The van der Waals surface area contributed by atoms with E-state index in [9.17, 15) is 24.0 Å². The van der Waals surface area contributed by atoms with E-state index in [0.29, 0.717) is 32.2 Å². The summed E-state index contributed by atoms with van der Waals surface area (Å²) in [5.41, 5.74) is 1.70. The van der Waals surface area contributed by atoms with Crippen LogP contribution in [-0.2, 0) is 41.2 Å². The number of hydrogen-bond acceptors (Lipinski definition) is 6. The van der Waals surface area contributed by atoms with Gasteiger partial charge in [-0.25, -0.2) is 0 Å². The molecule has 0 radical (unpaired) electrons. The van der Waals surface area contributed by atoms with Crippen LogP contribution < -0.4 is 26.3 Å². The van der Waals surface area contributed by atoms with Gasteiger partial charge in [0.15, 0.2) is 5.78 Å². The van der Waals surface area contributed by atoms with Crippen LogP contribution in [0.15, 0.2) is 133 Å². The molecule has 2 fully saturated rings. The van der Waals surface area contributed by atoms with Gasteiger partial charge in [0.25, 0.3) is 8.32 Å². The second kappa shape index (κ2) is 20.1. The van der Waals surface area contributed by atoms with Crippen molar-refractivity contribution in [1.29, 1.82) is 0 Å². The van der Waals surface area contributed by atoms with E-state index in [-0.39, 0.29) is 36.0 Å². The third kappa shape index (κ3) is 10.6. The SMILES string of the molecule is C[C@@H](O[Si](c1ccccc1)(c1ccccc1)C(C)(C)C)C(=O)/C=C/CCC[C@@H]1NC(=O)[C@H]2CCCN2C(=O)[C@H](Cc2ccccc2)NC(=O)[C@H](Cc2ccccc2)NC1=O. The summed E-state index contributed by atoms with van der Waals surface area (Å²) >= 11 is 0. The molecule has 0 aliphatic carbocycles. The largest absolute Gasteiger partial charge is 0.397 e. The summed E-state index contributed by atoms with van der Waals surface area (Å²) in [5, 5.41) is 10.7. The number of nitrogens with zero attached hydrogens (tertiary/aromatic N) is 1. The highest BCUT2D eigenvalue weighted by molar-refractivity contribution is 6.99. The minimum absolute atomic E-state index is 0.161. The Hall–Kier alpha value is -5.65. The van der Waals surface area contributed by atoms with Gasteiger partial charge >= 0.3 is 0 Å². The van der Waals surface area contributed by atoms with E-state index < -0.39 is 56.3 Å². The molecular formula is C49H58N4O6Si. The van der Waals surface area contributed by atoms with Crippen molar-refractivity contribution in [3.05, 3.63) is 145 Å². The molecule has 2 saturated heterocycles. The van der Waals surface area contributed by atoms with Crippen molar-refractivity contribution >= 4 is 48.1 Å². The zero-order chi connectivity index (χ0) is 42.7. The van der Waals surface area contributed by atoms with Crippen LogP contribution in [0.2, 0.25) is 5.04 Å². The summed E-state index contributed by atoms with van der Waals surface area (Å²) in [7, 11) is -2.95. The molecule has 3 N–H and O–H groups in total. The fourth-order valence-corrected chi connectivity index (χ4v) is 13.1. The van der Waals surface area contributed by atoms with Gasteiger partial charge in [0.1, 0.15) is 30.3 Å². The maximum Gasteiger partial charge on any atom is 0.262 e. The van der Waals surface area contributed by atoms with Gasteiger partial charge in [-0.15, -0.1) is 0 Å². The van der Waals surface area contributed by atoms with E-state index in [0.717, 1.165) is 21.5 Å². The standard InChI is InChI=1S/C49H58N4O6Si/c1-35(59-60(49(2,3)4,38-25-14-7-15-26-38)39-27-16-8-17-28-39)44(54)31-19-9-18-29-40-45(55)51-41(33-36-21-10-5-11-22-36)46(56)52-42(34-37-23-12-6-13-24-37)48(58)53-32-20-30-43(53)47(57)50-40/h5-8,10-17,19,21-28,31,35,40-43H,9,18,20,29-30,32-34H2,1-4H3,(H,50,57)(H,51,55)(H,52,56)/b31-19+/t35-,40+,41+,42+,43-/m1/s1.